The quantitative estimate of drug-likeness (QED) is 0.601. The predicted octanol–water partition coefficient (Wildman–Crippen LogP) is 4.49. The molecule has 1 aliphatic rings. The van der Waals surface area contributed by atoms with E-state index in [1.165, 1.54) is 18.6 Å². The first kappa shape index (κ1) is 19.8. The molecule has 0 radical (unpaired) electrons. The third-order valence-corrected chi connectivity index (χ3v) is 5.32. The van der Waals surface area contributed by atoms with E-state index in [9.17, 15) is 9.59 Å². The number of hydrogen-bond donors (Lipinski definition) is 1. The lowest BCUT2D eigenvalue weighted by Gasteiger charge is -2.34. The Morgan fingerprint density at radius 3 is 2.76 bits per heavy atom. The van der Waals surface area contributed by atoms with E-state index in [2.05, 4.69) is 19.2 Å². The topological polar surface area (TPSA) is 55.4 Å². The summed E-state index contributed by atoms with van der Waals surface area (Å²) in [6.07, 6.45) is 6.05. The molecule has 0 heterocycles. The van der Waals surface area contributed by atoms with E-state index in [1.807, 2.05) is 0 Å². The molecule has 136 valence electrons. The van der Waals surface area contributed by atoms with E-state index in [0.29, 0.717) is 27.4 Å². The molecular weight excluding hydrogens is 361 g/mol. The van der Waals surface area contributed by atoms with E-state index in [0.717, 1.165) is 12.8 Å². The lowest BCUT2D eigenvalue weighted by molar-refractivity contribution is -0.144. The van der Waals surface area contributed by atoms with Crippen molar-refractivity contribution in [3.8, 4) is 0 Å². The van der Waals surface area contributed by atoms with E-state index in [-0.39, 0.29) is 18.6 Å². The Kier molecular flexibility index (Phi) is 7.33. The highest BCUT2D eigenvalue weighted by atomic mass is 35.5. The van der Waals surface area contributed by atoms with Gasteiger partial charge in [-0.15, -0.1) is 0 Å². The average molecular weight is 384 g/mol. The first-order valence-electron chi connectivity index (χ1n) is 8.46. The van der Waals surface area contributed by atoms with E-state index >= 15 is 0 Å². The molecular formula is C19H23Cl2NO3. The van der Waals surface area contributed by atoms with Gasteiger partial charge in [-0.1, -0.05) is 56.0 Å². The zero-order valence-corrected chi connectivity index (χ0v) is 15.9. The number of ether oxygens (including phenoxy) is 1. The van der Waals surface area contributed by atoms with Gasteiger partial charge in [0, 0.05) is 22.2 Å². The maximum Gasteiger partial charge on any atom is 0.331 e. The highest BCUT2D eigenvalue weighted by Crippen LogP contribution is 2.29. The number of carbonyl (C=O) groups is 2. The SMILES string of the molecule is C[C@@H]1[C@@H](C)CCC[C@H]1NC(=O)COC(=O)/C=C/c1ccc(Cl)cc1Cl. The van der Waals surface area contributed by atoms with Crippen molar-refractivity contribution in [2.24, 2.45) is 11.8 Å². The van der Waals surface area contributed by atoms with Gasteiger partial charge in [-0.05, 0) is 42.0 Å². The Morgan fingerprint density at radius 1 is 1.28 bits per heavy atom. The molecule has 6 heteroatoms. The summed E-state index contributed by atoms with van der Waals surface area (Å²) in [5.74, 6) is 0.164. The molecule has 25 heavy (non-hydrogen) atoms. The van der Waals surface area contributed by atoms with Crippen LogP contribution in [0.3, 0.4) is 0 Å². The van der Waals surface area contributed by atoms with E-state index in [1.54, 1.807) is 18.2 Å². The molecule has 1 aromatic rings. The Hall–Kier alpha value is -1.52. The van der Waals surface area contributed by atoms with Gasteiger partial charge in [0.2, 0.25) is 0 Å². The summed E-state index contributed by atoms with van der Waals surface area (Å²) in [5.41, 5.74) is 0.650. The van der Waals surface area contributed by atoms with Crippen LogP contribution >= 0.6 is 23.2 Å². The molecule has 1 N–H and O–H groups in total. The normalized spacial score (nSPS) is 23.4. The van der Waals surface area contributed by atoms with Crippen molar-refractivity contribution in [3.63, 3.8) is 0 Å². The molecule has 1 aromatic carbocycles. The number of esters is 1. The first-order chi connectivity index (χ1) is 11.9. The molecule has 3 atom stereocenters. The van der Waals surface area contributed by atoms with Crippen LogP contribution in [-0.2, 0) is 14.3 Å². The van der Waals surface area contributed by atoms with Gasteiger partial charge in [-0.2, -0.15) is 0 Å². The molecule has 1 fully saturated rings. The summed E-state index contributed by atoms with van der Waals surface area (Å²) < 4.78 is 4.99. The van der Waals surface area contributed by atoms with Crippen molar-refractivity contribution in [3.05, 3.63) is 39.9 Å². The Bertz CT molecular complexity index is 660. The monoisotopic (exact) mass is 383 g/mol. The fourth-order valence-corrected chi connectivity index (χ4v) is 3.48. The van der Waals surface area contributed by atoms with Crippen LogP contribution in [0.15, 0.2) is 24.3 Å². The summed E-state index contributed by atoms with van der Waals surface area (Å²) in [6.45, 7) is 4.07. The number of rotatable bonds is 5. The minimum absolute atomic E-state index is 0.151. The number of amides is 1. The minimum atomic E-state index is -0.591. The van der Waals surface area contributed by atoms with Crippen molar-refractivity contribution in [1.82, 2.24) is 5.32 Å². The van der Waals surface area contributed by atoms with Gasteiger partial charge < -0.3 is 10.1 Å². The lowest BCUT2D eigenvalue weighted by atomic mass is 9.78. The fourth-order valence-electron chi connectivity index (χ4n) is 3.01. The molecule has 0 saturated heterocycles. The van der Waals surface area contributed by atoms with E-state index < -0.39 is 5.97 Å². The molecule has 0 unspecified atom stereocenters. The Morgan fingerprint density at radius 2 is 2.04 bits per heavy atom. The predicted molar refractivity (Wildman–Crippen MR) is 101 cm³/mol. The van der Waals surface area contributed by atoms with E-state index in [4.69, 9.17) is 27.9 Å². The first-order valence-corrected chi connectivity index (χ1v) is 9.21. The number of carbonyl (C=O) groups excluding carboxylic acids is 2. The number of hydrogen-bond acceptors (Lipinski definition) is 3. The third-order valence-electron chi connectivity index (χ3n) is 4.76. The van der Waals surface area contributed by atoms with Crippen LogP contribution in [0.1, 0.15) is 38.7 Å². The summed E-state index contributed by atoms with van der Waals surface area (Å²) in [5, 5.41) is 3.93. The highest BCUT2D eigenvalue weighted by Gasteiger charge is 2.28. The molecule has 1 aliphatic carbocycles. The molecule has 0 spiro atoms. The van der Waals surface area contributed by atoms with Gasteiger partial charge in [0.1, 0.15) is 0 Å². The number of halogens is 2. The second-order valence-corrected chi connectivity index (χ2v) is 7.39. The average Bonchev–Trinajstić information content (AvgIpc) is 2.56. The van der Waals surface area contributed by atoms with Crippen LogP contribution in [0.25, 0.3) is 6.08 Å². The van der Waals surface area contributed by atoms with Crippen molar-refractivity contribution in [2.45, 2.75) is 39.2 Å². The molecule has 4 nitrogen and oxygen atoms in total. The highest BCUT2D eigenvalue weighted by molar-refractivity contribution is 6.35. The summed E-state index contributed by atoms with van der Waals surface area (Å²) in [6, 6.07) is 5.12. The maximum absolute atomic E-state index is 12.0. The largest absolute Gasteiger partial charge is 0.452 e. The van der Waals surface area contributed by atoms with Crippen LogP contribution in [0.2, 0.25) is 10.0 Å². The number of benzene rings is 1. The molecule has 2 rings (SSSR count). The van der Waals surface area contributed by atoms with Gasteiger partial charge in [-0.3, -0.25) is 4.79 Å². The Labute approximate surface area is 158 Å². The third kappa shape index (κ3) is 6.05. The molecule has 0 aromatic heterocycles. The zero-order chi connectivity index (χ0) is 18.4. The summed E-state index contributed by atoms with van der Waals surface area (Å²) >= 11 is 11.8. The van der Waals surface area contributed by atoms with Crippen molar-refractivity contribution < 1.29 is 14.3 Å². The second kappa shape index (κ2) is 9.25. The van der Waals surface area contributed by atoms with Crippen molar-refractivity contribution in [1.29, 1.82) is 0 Å². The smallest absolute Gasteiger partial charge is 0.331 e. The van der Waals surface area contributed by atoms with Crippen LogP contribution in [0, 0.1) is 11.8 Å². The van der Waals surface area contributed by atoms with Gasteiger partial charge in [-0.25, -0.2) is 4.79 Å². The van der Waals surface area contributed by atoms with Gasteiger partial charge in [0.15, 0.2) is 6.61 Å². The van der Waals surface area contributed by atoms with Crippen LogP contribution in [0.4, 0.5) is 0 Å². The summed E-state index contributed by atoms with van der Waals surface area (Å²) in [4.78, 5) is 23.7. The van der Waals surface area contributed by atoms with Gasteiger partial charge in [0.25, 0.3) is 5.91 Å². The van der Waals surface area contributed by atoms with Gasteiger partial charge >= 0.3 is 5.97 Å². The van der Waals surface area contributed by atoms with Gasteiger partial charge in [0.05, 0.1) is 0 Å². The Balaban J connectivity index is 1.79. The van der Waals surface area contributed by atoms with Crippen LogP contribution in [0.5, 0.6) is 0 Å². The minimum Gasteiger partial charge on any atom is -0.452 e. The van der Waals surface area contributed by atoms with Crippen LogP contribution in [-0.4, -0.2) is 24.5 Å². The lowest BCUT2D eigenvalue weighted by Crippen LogP contribution is -2.45. The second-order valence-electron chi connectivity index (χ2n) is 6.55. The molecule has 0 bridgehead atoms. The molecule has 1 saturated carbocycles. The standard InChI is InChI=1S/C19H23Cl2NO3/c1-12-4-3-5-17(13(12)2)22-18(23)11-25-19(24)9-7-14-6-8-15(20)10-16(14)21/h6-10,12-13,17H,3-5,11H2,1-2H3,(H,22,23)/b9-7+/t12-,13+,17+/m0/s1. The van der Waals surface area contributed by atoms with Crippen molar-refractivity contribution in [2.75, 3.05) is 6.61 Å². The zero-order valence-electron chi connectivity index (χ0n) is 14.4. The fraction of sp³-hybridized carbons (Fsp3) is 0.474. The van der Waals surface area contributed by atoms with Crippen molar-refractivity contribution >= 4 is 41.2 Å². The summed E-state index contributed by atoms with van der Waals surface area (Å²) in [7, 11) is 0. The number of nitrogens with one attached hydrogen (secondary N) is 1. The van der Waals surface area contributed by atoms with Crippen LogP contribution < -0.4 is 5.32 Å². The molecule has 0 aliphatic heterocycles. The maximum atomic E-state index is 12.0. The molecule has 1 amide bonds.